The minimum atomic E-state index is 0.0730. The summed E-state index contributed by atoms with van der Waals surface area (Å²) in [6.45, 7) is 8.13. The van der Waals surface area contributed by atoms with Gasteiger partial charge in [0.25, 0.3) is 11.8 Å². The number of hydrogen-bond donors (Lipinski definition) is 0. The maximum absolute atomic E-state index is 12.8. The Balaban J connectivity index is 1.35. The van der Waals surface area contributed by atoms with Crippen LogP contribution in [0.25, 0.3) is 11.5 Å². The lowest BCUT2D eigenvalue weighted by Gasteiger charge is -2.35. The Bertz CT molecular complexity index is 957. The van der Waals surface area contributed by atoms with E-state index in [1.165, 1.54) is 11.1 Å². The highest BCUT2D eigenvalue weighted by atomic mass is 16.5. The van der Waals surface area contributed by atoms with Crippen LogP contribution in [0.3, 0.4) is 0 Å². The number of hydrogen-bond acceptors (Lipinski definition) is 5. The fourth-order valence-electron chi connectivity index (χ4n) is 3.49. The minimum absolute atomic E-state index is 0.0730. The average molecular weight is 376 g/mol. The van der Waals surface area contributed by atoms with Crippen LogP contribution < -0.4 is 0 Å². The molecule has 144 valence electrons. The number of aryl methyl sites for hydroxylation is 2. The van der Waals surface area contributed by atoms with Gasteiger partial charge in [-0.15, -0.1) is 0 Å². The number of piperazine rings is 1. The molecule has 0 radical (unpaired) electrons. The van der Waals surface area contributed by atoms with Crippen molar-refractivity contribution in [1.82, 2.24) is 19.9 Å². The van der Waals surface area contributed by atoms with Crippen molar-refractivity contribution in [3.05, 3.63) is 71.0 Å². The lowest BCUT2D eigenvalue weighted by atomic mass is 10.1. The third-order valence-corrected chi connectivity index (χ3v) is 5.22. The van der Waals surface area contributed by atoms with Gasteiger partial charge in [0, 0.05) is 43.9 Å². The Morgan fingerprint density at radius 3 is 2.36 bits per heavy atom. The van der Waals surface area contributed by atoms with Crippen molar-refractivity contribution in [3.8, 4) is 11.5 Å². The van der Waals surface area contributed by atoms with Gasteiger partial charge in [0.15, 0.2) is 5.82 Å². The normalized spacial score (nSPS) is 15.0. The van der Waals surface area contributed by atoms with Gasteiger partial charge in [-0.3, -0.25) is 9.69 Å². The van der Waals surface area contributed by atoms with Crippen molar-refractivity contribution in [1.29, 1.82) is 0 Å². The molecule has 1 fully saturated rings. The average Bonchev–Trinajstić information content (AvgIpc) is 3.16. The minimum Gasteiger partial charge on any atom is -0.336 e. The third kappa shape index (κ3) is 3.97. The lowest BCUT2D eigenvalue weighted by Crippen LogP contribution is -2.48. The van der Waals surface area contributed by atoms with Crippen LogP contribution in [0.2, 0.25) is 0 Å². The highest BCUT2D eigenvalue weighted by molar-refractivity contribution is 5.94. The van der Waals surface area contributed by atoms with Crippen LogP contribution >= 0.6 is 0 Å². The highest BCUT2D eigenvalue weighted by Crippen LogP contribution is 2.19. The second kappa shape index (κ2) is 7.94. The third-order valence-electron chi connectivity index (χ3n) is 5.22. The van der Waals surface area contributed by atoms with Gasteiger partial charge < -0.3 is 9.42 Å². The van der Waals surface area contributed by atoms with Gasteiger partial charge in [-0.25, -0.2) is 0 Å². The summed E-state index contributed by atoms with van der Waals surface area (Å²) in [5.41, 5.74) is 4.18. The number of rotatable bonds is 4. The topological polar surface area (TPSA) is 62.5 Å². The van der Waals surface area contributed by atoms with Crippen molar-refractivity contribution < 1.29 is 9.32 Å². The molecule has 0 unspecified atom stereocenters. The van der Waals surface area contributed by atoms with Crippen molar-refractivity contribution in [3.63, 3.8) is 0 Å². The van der Waals surface area contributed by atoms with E-state index in [9.17, 15) is 4.79 Å². The standard InChI is InChI=1S/C22H24N4O2/c1-16-5-3-4-6-20(16)15-25-11-13-26(14-12-25)22(27)19-9-7-18(8-10-19)21-23-17(2)24-28-21/h3-10H,11-15H2,1-2H3. The van der Waals surface area contributed by atoms with Gasteiger partial charge >= 0.3 is 0 Å². The second-order valence-corrected chi connectivity index (χ2v) is 7.22. The largest absolute Gasteiger partial charge is 0.336 e. The summed E-state index contributed by atoms with van der Waals surface area (Å²) in [5.74, 6) is 1.14. The van der Waals surface area contributed by atoms with E-state index < -0.39 is 0 Å². The summed E-state index contributed by atoms with van der Waals surface area (Å²) in [4.78, 5) is 21.4. The maximum atomic E-state index is 12.8. The van der Waals surface area contributed by atoms with Gasteiger partial charge in [-0.1, -0.05) is 29.4 Å². The number of aromatic nitrogens is 2. The number of nitrogens with zero attached hydrogens (tertiary/aromatic N) is 4. The summed E-state index contributed by atoms with van der Waals surface area (Å²) in [6, 6.07) is 15.9. The monoisotopic (exact) mass is 376 g/mol. The Morgan fingerprint density at radius 1 is 1.00 bits per heavy atom. The van der Waals surface area contributed by atoms with E-state index >= 15 is 0 Å². The molecule has 4 rings (SSSR count). The van der Waals surface area contributed by atoms with Crippen molar-refractivity contribution >= 4 is 5.91 Å². The number of amides is 1. The Labute approximate surface area is 164 Å². The van der Waals surface area contributed by atoms with E-state index in [1.54, 1.807) is 6.92 Å². The van der Waals surface area contributed by atoms with Crippen LogP contribution in [0.15, 0.2) is 53.1 Å². The molecule has 0 saturated carbocycles. The first-order valence-corrected chi connectivity index (χ1v) is 9.57. The van der Waals surface area contributed by atoms with Crippen LogP contribution in [0.1, 0.15) is 27.3 Å². The molecule has 2 heterocycles. The van der Waals surface area contributed by atoms with E-state index in [4.69, 9.17) is 4.52 Å². The summed E-state index contributed by atoms with van der Waals surface area (Å²) in [6.07, 6.45) is 0. The van der Waals surface area contributed by atoms with Crippen LogP contribution in [0, 0.1) is 13.8 Å². The summed E-state index contributed by atoms with van der Waals surface area (Å²) in [7, 11) is 0. The van der Waals surface area contributed by atoms with Gasteiger partial charge in [0.1, 0.15) is 0 Å². The second-order valence-electron chi connectivity index (χ2n) is 7.22. The molecule has 1 aromatic heterocycles. The molecule has 0 bridgehead atoms. The molecule has 1 aliphatic rings. The Kier molecular flexibility index (Phi) is 5.21. The smallest absolute Gasteiger partial charge is 0.257 e. The predicted molar refractivity (Wildman–Crippen MR) is 107 cm³/mol. The summed E-state index contributed by atoms with van der Waals surface area (Å²) < 4.78 is 5.17. The van der Waals surface area contributed by atoms with Crippen molar-refractivity contribution in [2.75, 3.05) is 26.2 Å². The molecule has 0 spiro atoms. The van der Waals surface area contributed by atoms with Crippen LogP contribution in [0.4, 0.5) is 0 Å². The molecule has 2 aromatic carbocycles. The van der Waals surface area contributed by atoms with E-state index in [-0.39, 0.29) is 5.91 Å². The molecule has 1 aliphatic heterocycles. The molecule has 3 aromatic rings. The highest BCUT2D eigenvalue weighted by Gasteiger charge is 2.22. The van der Waals surface area contributed by atoms with Crippen LogP contribution in [0.5, 0.6) is 0 Å². The molecule has 0 N–H and O–H groups in total. The lowest BCUT2D eigenvalue weighted by molar-refractivity contribution is 0.0628. The molecule has 6 heteroatoms. The predicted octanol–water partition coefficient (Wildman–Crippen LogP) is 3.31. The van der Waals surface area contributed by atoms with Gasteiger partial charge in [-0.2, -0.15) is 4.98 Å². The molecular formula is C22H24N4O2. The maximum Gasteiger partial charge on any atom is 0.257 e. The van der Waals surface area contributed by atoms with Crippen LogP contribution in [-0.2, 0) is 6.54 Å². The first-order valence-electron chi connectivity index (χ1n) is 9.57. The Morgan fingerprint density at radius 2 is 1.71 bits per heavy atom. The summed E-state index contributed by atoms with van der Waals surface area (Å²) >= 11 is 0. The number of carbonyl (C=O) groups excluding carboxylic acids is 1. The van der Waals surface area contributed by atoms with Crippen molar-refractivity contribution in [2.24, 2.45) is 0 Å². The quantitative estimate of drug-likeness (QED) is 0.699. The molecule has 1 amide bonds. The fourth-order valence-corrected chi connectivity index (χ4v) is 3.49. The van der Waals surface area contributed by atoms with Crippen molar-refractivity contribution in [2.45, 2.75) is 20.4 Å². The van der Waals surface area contributed by atoms with Gasteiger partial charge in [0.2, 0.25) is 0 Å². The van der Waals surface area contributed by atoms with E-state index in [0.717, 1.165) is 38.3 Å². The first kappa shape index (κ1) is 18.4. The van der Waals surface area contributed by atoms with E-state index in [2.05, 4.69) is 46.2 Å². The fraction of sp³-hybridized carbons (Fsp3) is 0.318. The number of carbonyl (C=O) groups is 1. The summed E-state index contributed by atoms with van der Waals surface area (Å²) in [5, 5.41) is 3.80. The van der Waals surface area contributed by atoms with Gasteiger partial charge in [-0.05, 0) is 49.2 Å². The SMILES string of the molecule is Cc1noc(-c2ccc(C(=O)N3CCN(Cc4ccccc4C)CC3)cc2)n1. The molecule has 6 nitrogen and oxygen atoms in total. The van der Waals surface area contributed by atoms with Crippen LogP contribution in [-0.4, -0.2) is 52.0 Å². The zero-order valence-electron chi connectivity index (χ0n) is 16.3. The van der Waals surface area contributed by atoms with Gasteiger partial charge in [0.05, 0.1) is 0 Å². The first-order chi connectivity index (χ1) is 13.6. The molecule has 1 saturated heterocycles. The molecular weight excluding hydrogens is 352 g/mol. The molecule has 0 atom stereocenters. The zero-order valence-corrected chi connectivity index (χ0v) is 16.3. The Hall–Kier alpha value is -2.99. The zero-order chi connectivity index (χ0) is 19.5. The molecule has 0 aliphatic carbocycles. The van der Waals surface area contributed by atoms with E-state index in [1.807, 2.05) is 29.2 Å². The number of benzene rings is 2. The van der Waals surface area contributed by atoms with E-state index in [0.29, 0.717) is 17.3 Å². The molecule has 28 heavy (non-hydrogen) atoms.